The van der Waals surface area contributed by atoms with Crippen LogP contribution in [0, 0.1) is 0 Å². The van der Waals surface area contributed by atoms with E-state index in [1.165, 1.54) is 0 Å². The highest BCUT2D eigenvalue weighted by atomic mass is 16.2. The summed E-state index contributed by atoms with van der Waals surface area (Å²) in [6, 6.07) is 0. The highest BCUT2D eigenvalue weighted by molar-refractivity contribution is 5.90. The maximum absolute atomic E-state index is 12.0. The molecule has 1 aromatic heterocycles. The predicted octanol–water partition coefficient (Wildman–Crippen LogP) is -0.0265. The van der Waals surface area contributed by atoms with Gasteiger partial charge in [0.25, 0.3) is 5.91 Å². The molecule has 1 aliphatic heterocycles. The maximum Gasteiger partial charge on any atom is 0.293 e. The molecule has 0 radical (unpaired) electrons. The van der Waals surface area contributed by atoms with E-state index in [2.05, 4.69) is 20.5 Å². The lowest BCUT2D eigenvalue weighted by Gasteiger charge is -2.26. The number of hydrogen-bond acceptors (Lipinski definition) is 4. The van der Waals surface area contributed by atoms with Crippen LogP contribution in [0.1, 0.15) is 36.2 Å². The number of rotatable bonds is 2. The highest BCUT2D eigenvalue weighted by Crippen LogP contribution is 2.09. The van der Waals surface area contributed by atoms with Crippen molar-refractivity contribution in [1.29, 1.82) is 0 Å². The van der Waals surface area contributed by atoms with Crippen molar-refractivity contribution in [2.24, 2.45) is 0 Å². The van der Waals surface area contributed by atoms with Gasteiger partial charge in [-0.2, -0.15) is 0 Å². The molecule has 1 amide bonds. The normalized spacial score (nSPS) is 16.8. The molecule has 1 saturated heterocycles. The van der Waals surface area contributed by atoms with Gasteiger partial charge in [-0.15, -0.1) is 5.10 Å². The zero-order valence-electron chi connectivity index (χ0n) is 9.66. The molecule has 0 bridgehead atoms. The number of aromatic nitrogens is 3. The van der Waals surface area contributed by atoms with Crippen LogP contribution in [0.4, 0.5) is 0 Å². The Morgan fingerprint density at radius 3 is 2.62 bits per heavy atom. The summed E-state index contributed by atoms with van der Waals surface area (Å²) in [6.45, 7) is 7.16. The predicted molar refractivity (Wildman–Crippen MR) is 59.2 cm³/mol. The van der Waals surface area contributed by atoms with E-state index >= 15 is 0 Å². The van der Waals surface area contributed by atoms with Gasteiger partial charge in [-0.3, -0.25) is 9.89 Å². The van der Waals surface area contributed by atoms with Crippen molar-refractivity contribution in [1.82, 2.24) is 25.4 Å². The van der Waals surface area contributed by atoms with Crippen LogP contribution in [0.15, 0.2) is 0 Å². The van der Waals surface area contributed by atoms with Gasteiger partial charge in [0, 0.05) is 32.1 Å². The van der Waals surface area contributed by atoms with Gasteiger partial charge in [-0.05, 0) is 0 Å². The summed E-state index contributed by atoms with van der Waals surface area (Å²) >= 11 is 0. The van der Waals surface area contributed by atoms with E-state index in [4.69, 9.17) is 0 Å². The monoisotopic (exact) mass is 223 g/mol. The number of nitrogens with zero attached hydrogens (tertiary/aromatic N) is 3. The van der Waals surface area contributed by atoms with Gasteiger partial charge in [0.15, 0.2) is 0 Å². The van der Waals surface area contributed by atoms with Gasteiger partial charge < -0.3 is 10.2 Å². The molecule has 0 atom stereocenters. The van der Waals surface area contributed by atoms with Gasteiger partial charge in [-0.1, -0.05) is 13.8 Å². The lowest BCUT2D eigenvalue weighted by Crippen LogP contribution is -2.46. The number of hydrogen-bond donors (Lipinski definition) is 2. The second kappa shape index (κ2) is 4.61. The van der Waals surface area contributed by atoms with E-state index < -0.39 is 0 Å². The number of piperazine rings is 1. The Kier molecular flexibility index (Phi) is 3.19. The first-order chi connectivity index (χ1) is 7.68. The molecule has 2 heterocycles. The minimum Gasteiger partial charge on any atom is -0.333 e. The van der Waals surface area contributed by atoms with Crippen molar-refractivity contribution in [2.75, 3.05) is 26.2 Å². The summed E-state index contributed by atoms with van der Waals surface area (Å²) in [5.74, 6) is 1.23. The largest absolute Gasteiger partial charge is 0.333 e. The molecule has 88 valence electrons. The van der Waals surface area contributed by atoms with E-state index in [0.29, 0.717) is 0 Å². The molecule has 0 aliphatic carbocycles. The smallest absolute Gasteiger partial charge is 0.293 e. The van der Waals surface area contributed by atoms with Crippen LogP contribution >= 0.6 is 0 Å². The molecule has 2 N–H and O–H groups in total. The fourth-order valence-corrected chi connectivity index (χ4v) is 1.64. The molecule has 6 nitrogen and oxygen atoms in total. The molecule has 0 spiro atoms. The molecule has 1 aromatic rings. The third kappa shape index (κ3) is 2.21. The van der Waals surface area contributed by atoms with Crippen molar-refractivity contribution in [2.45, 2.75) is 19.8 Å². The molecule has 0 unspecified atom stereocenters. The number of carbonyl (C=O) groups is 1. The Morgan fingerprint density at radius 1 is 1.38 bits per heavy atom. The highest BCUT2D eigenvalue weighted by Gasteiger charge is 2.22. The molecule has 16 heavy (non-hydrogen) atoms. The summed E-state index contributed by atoms with van der Waals surface area (Å²) in [5.41, 5.74) is 0. The fraction of sp³-hybridized carbons (Fsp3) is 0.700. The lowest BCUT2D eigenvalue weighted by atomic mass is 10.2. The van der Waals surface area contributed by atoms with Crippen molar-refractivity contribution < 1.29 is 4.79 Å². The molecule has 1 aliphatic rings. The topological polar surface area (TPSA) is 73.9 Å². The summed E-state index contributed by atoms with van der Waals surface area (Å²) in [6.07, 6.45) is 0. The van der Waals surface area contributed by atoms with Gasteiger partial charge in [0.1, 0.15) is 5.82 Å². The minimum absolute atomic E-state index is 0.0790. The average Bonchev–Trinajstić information content (AvgIpc) is 2.78. The van der Waals surface area contributed by atoms with Crippen molar-refractivity contribution in [3.8, 4) is 0 Å². The second-order valence-corrected chi connectivity index (χ2v) is 4.24. The van der Waals surface area contributed by atoms with Crippen LogP contribution < -0.4 is 5.32 Å². The average molecular weight is 223 g/mol. The molecular formula is C10H17N5O. The number of nitrogens with one attached hydrogen (secondary N) is 2. The van der Waals surface area contributed by atoms with Gasteiger partial charge in [0.05, 0.1) is 0 Å². The molecule has 1 fully saturated rings. The van der Waals surface area contributed by atoms with Crippen molar-refractivity contribution in [3.05, 3.63) is 11.6 Å². The number of H-pyrrole nitrogens is 1. The molecule has 0 saturated carbocycles. The van der Waals surface area contributed by atoms with Gasteiger partial charge >= 0.3 is 0 Å². The van der Waals surface area contributed by atoms with E-state index in [-0.39, 0.29) is 17.6 Å². The van der Waals surface area contributed by atoms with E-state index in [1.54, 1.807) is 4.90 Å². The Bertz CT molecular complexity index is 367. The van der Waals surface area contributed by atoms with Crippen LogP contribution in [0.25, 0.3) is 0 Å². The Balaban J connectivity index is 2.07. The Morgan fingerprint density at radius 2 is 2.06 bits per heavy atom. The maximum atomic E-state index is 12.0. The number of amides is 1. The van der Waals surface area contributed by atoms with Crippen molar-refractivity contribution >= 4 is 5.91 Å². The summed E-state index contributed by atoms with van der Waals surface area (Å²) < 4.78 is 0. The first-order valence-electron chi connectivity index (χ1n) is 5.61. The van der Waals surface area contributed by atoms with E-state index in [1.807, 2.05) is 13.8 Å². The van der Waals surface area contributed by atoms with Gasteiger partial charge in [-0.25, -0.2) is 4.98 Å². The molecule has 2 rings (SSSR count). The zero-order valence-corrected chi connectivity index (χ0v) is 9.66. The van der Waals surface area contributed by atoms with E-state index in [9.17, 15) is 4.79 Å². The number of carbonyl (C=O) groups excluding carboxylic acids is 1. The molecule has 0 aromatic carbocycles. The summed E-state index contributed by atoms with van der Waals surface area (Å²) in [5, 5.41) is 9.97. The zero-order chi connectivity index (χ0) is 11.5. The standard InChI is InChI=1S/C10H17N5O/c1-7(2)8-12-9(14-13-8)10(16)15-5-3-11-4-6-15/h7,11H,3-6H2,1-2H3,(H,12,13,14). The van der Waals surface area contributed by atoms with E-state index in [0.717, 1.165) is 32.0 Å². The second-order valence-electron chi connectivity index (χ2n) is 4.24. The summed E-state index contributed by atoms with van der Waals surface area (Å²) in [7, 11) is 0. The lowest BCUT2D eigenvalue weighted by molar-refractivity contribution is 0.0724. The third-order valence-electron chi connectivity index (χ3n) is 2.65. The Hall–Kier alpha value is -1.43. The molecule has 6 heteroatoms. The van der Waals surface area contributed by atoms with Crippen LogP contribution in [0.3, 0.4) is 0 Å². The quantitative estimate of drug-likeness (QED) is 0.738. The fourth-order valence-electron chi connectivity index (χ4n) is 1.64. The first kappa shape index (κ1) is 11.1. The minimum atomic E-state index is -0.0790. The SMILES string of the molecule is CC(C)c1nc(C(=O)N2CCNCC2)n[nH]1. The van der Waals surface area contributed by atoms with Crippen LogP contribution in [0.2, 0.25) is 0 Å². The molecular weight excluding hydrogens is 206 g/mol. The van der Waals surface area contributed by atoms with Crippen LogP contribution in [-0.4, -0.2) is 52.2 Å². The van der Waals surface area contributed by atoms with Gasteiger partial charge in [0.2, 0.25) is 5.82 Å². The Labute approximate surface area is 94.4 Å². The van der Waals surface area contributed by atoms with Crippen LogP contribution in [0.5, 0.6) is 0 Å². The van der Waals surface area contributed by atoms with Crippen LogP contribution in [-0.2, 0) is 0 Å². The van der Waals surface area contributed by atoms with Crippen molar-refractivity contribution in [3.63, 3.8) is 0 Å². The summed E-state index contributed by atoms with van der Waals surface area (Å²) in [4.78, 5) is 18.0. The number of aromatic amines is 1. The third-order valence-corrected chi connectivity index (χ3v) is 2.65. The first-order valence-corrected chi connectivity index (χ1v) is 5.61.